The summed E-state index contributed by atoms with van der Waals surface area (Å²) in [5.41, 5.74) is 0. The van der Waals surface area contributed by atoms with Crippen molar-refractivity contribution in [3.63, 3.8) is 0 Å². The second-order valence-electron chi connectivity index (χ2n) is 4.24. The molecular weight excluding hydrogens is 200 g/mol. The Labute approximate surface area is 98.6 Å². The molecule has 0 aromatic rings. The molecule has 0 saturated carbocycles. The summed E-state index contributed by atoms with van der Waals surface area (Å²) in [4.78, 5) is 13.6. The summed E-state index contributed by atoms with van der Waals surface area (Å²) >= 11 is 0. The Kier molecular flexibility index (Phi) is 6.67. The lowest BCUT2D eigenvalue weighted by atomic mass is 10.2. The van der Waals surface area contributed by atoms with E-state index in [0.717, 1.165) is 19.5 Å². The van der Waals surface area contributed by atoms with Crippen molar-refractivity contribution in [2.45, 2.75) is 39.0 Å². The van der Waals surface area contributed by atoms with Crippen molar-refractivity contribution in [3.8, 4) is 11.8 Å². The van der Waals surface area contributed by atoms with Crippen LogP contribution in [0.4, 0.5) is 0 Å². The molecule has 1 N–H and O–H groups in total. The highest BCUT2D eigenvalue weighted by Crippen LogP contribution is 2.09. The predicted molar refractivity (Wildman–Crippen MR) is 66.0 cm³/mol. The van der Waals surface area contributed by atoms with Gasteiger partial charge >= 0.3 is 0 Å². The minimum absolute atomic E-state index is 0.154. The summed E-state index contributed by atoms with van der Waals surface area (Å²) in [5.74, 6) is 4.92. The van der Waals surface area contributed by atoms with Crippen molar-refractivity contribution < 1.29 is 4.79 Å². The van der Waals surface area contributed by atoms with Crippen molar-refractivity contribution in [1.82, 2.24) is 10.2 Å². The van der Waals surface area contributed by atoms with E-state index in [-0.39, 0.29) is 5.91 Å². The third-order valence-electron chi connectivity index (χ3n) is 2.87. The smallest absolute Gasteiger partial charge is 0.295 e. The van der Waals surface area contributed by atoms with Crippen LogP contribution >= 0.6 is 0 Å². The van der Waals surface area contributed by atoms with Gasteiger partial charge in [0.2, 0.25) is 0 Å². The number of hydrogen-bond donors (Lipinski definition) is 1. The van der Waals surface area contributed by atoms with Crippen molar-refractivity contribution in [2.75, 3.05) is 26.2 Å². The van der Waals surface area contributed by atoms with Gasteiger partial charge in [-0.1, -0.05) is 18.8 Å². The normalized spacial score (nSPS) is 17.1. The van der Waals surface area contributed by atoms with E-state index >= 15 is 0 Å². The highest BCUT2D eigenvalue weighted by atomic mass is 16.1. The van der Waals surface area contributed by atoms with E-state index in [9.17, 15) is 4.79 Å². The largest absolute Gasteiger partial charge is 0.345 e. The molecule has 90 valence electrons. The molecule has 1 amide bonds. The van der Waals surface area contributed by atoms with Crippen LogP contribution in [0.25, 0.3) is 0 Å². The quantitative estimate of drug-likeness (QED) is 0.576. The SMILES string of the molecule is CC#CC(=O)NCCCN1CCCCCC1. The first-order chi connectivity index (χ1) is 7.83. The molecule has 1 saturated heterocycles. The third-order valence-corrected chi connectivity index (χ3v) is 2.87. The van der Waals surface area contributed by atoms with Crippen LogP contribution in [-0.4, -0.2) is 37.0 Å². The van der Waals surface area contributed by atoms with Crippen molar-refractivity contribution >= 4 is 5.91 Å². The van der Waals surface area contributed by atoms with Gasteiger partial charge in [-0.3, -0.25) is 4.79 Å². The maximum atomic E-state index is 11.1. The first kappa shape index (κ1) is 13.1. The molecule has 0 radical (unpaired) electrons. The molecule has 0 aliphatic carbocycles. The summed E-state index contributed by atoms with van der Waals surface area (Å²) in [5, 5.41) is 2.80. The lowest BCUT2D eigenvalue weighted by molar-refractivity contribution is -0.115. The number of nitrogens with one attached hydrogen (secondary N) is 1. The molecular formula is C13H22N2O. The van der Waals surface area contributed by atoms with Crippen LogP contribution in [-0.2, 0) is 4.79 Å². The maximum absolute atomic E-state index is 11.1. The summed E-state index contributed by atoms with van der Waals surface area (Å²) in [7, 11) is 0. The first-order valence-electron chi connectivity index (χ1n) is 6.26. The Morgan fingerprint density at radius 3 is 2.56 bits per heavy atom. The third kappa shape index (κ3) is 5.77. The molecule has 1 rings (SSSR count). The molecule has 0 bridgehead atoms. The summed E-state index contributed by atoms with van der Waals surface area (Å²) < 4.78 is 0. The van der Waals surface area contributed by atoms with E-state index in [1.165, 1.54) is 38.8 Å². The molecule has 1 heterocycles. The molecule has 0 aromatic carbocycles. The van der Waals surface area contributed by atoms with Gasteiger partial charge < -0.3 is 10.2 Å². The molecule has 1 aliphatic rings. The monoisotopic (exact) mass is 222 g/mol. The van der Waals surface area contributed by atoms with Crippen LogP contribution in [0.5, 0.6) is 0 Å². The van der Waals surface area contributed by atoms with Crippen LogP contribution in [0.1, 0.15) is 39.0 Å². The van der Waals surface area contributed by atoms with Gasteiger partial charge in [0.25, 0.3) is 5.91 Å². The zero-order valence-corrected chi connectivity index (χ0v) is 10.2. The molecule has 3 heteroatoms. The Hall–Kier alpha value is -1.01. The fourth-order valence-electron chi connectivity index (χ4n) is 2.02. The molecule has 0 aromatic heterocycles. The minimum atomic E-state index is -0.154. The number of carbonyl (C=O) groups is 1. The highest BCUT2D eigenvalue weighted by Gasteiger charge is 2.07. The van der Waals surface area contributed by atoms with Crippen LogP contribution in [0, 0.1) is 11.8 Å². The van der Waals surface area contributed by atoms with Crippen molar-refractivity contribution in [1.29, 1.82) is 0 Å². The molecule has 0 atom stereocenters. The van der Waals surface area contributed by atoms with Gasteiger partial charge in [0.1, 0.15) is 0 Å². The van der Waals surface area contributed by atoms with Gasteiger partial charge in [0.05, 0.1) is 0 Å². The standard InChI is InChI=1S/C13H22N2O/c1-2-8-13(16)14-9-7-12-15-10-5-3-4-6-11-15/h3-7,9-12H2,1H3,(H,14,16). The van der Waals surface area contributed by atoms with Gasteiger partial charge in [-0.25, -0.2) is 0 Å². The number of rotatable bonds is 4. The Morgan fingerprint density at radius 2 is 1.94 bits per heavy atom. The Balaban J connectivity index is 2.04. The van der Waals surface area contributed by atoms with Gasteiger partial charge in [-0.2, -0.15) is 0 Å². The van der Waals surface area contributed by atoms with Crippen LogP contribution in [0.15, 0.2) is 0 Å². The highest BCUT2D eigenvalue weighted by molar-refractivity contribution is 5.93. The average molecular weight is 222 g/mol. The lowest BCUT2D eigenvalue weighted by Gasteiger charge is -2.19. The zero-order chi connectivity index (χ0) is 11.6. The molecule has 16 heavy (non-hydrogen) atoms. The van der Waals surface area contributed by atoms with E-state index in [1.807, 2.05) is 0 Å². The van der Waals surface area contributed by atoms with Crippen molar-refractivity contribution in [2.24, 2.45) is 0 Å². The molecule has 0 spiro atoms. The van der Waals surface area contributed by atoms with E-state index in [4.69, 9.17) is 0 Å². The van der Waals surface area contributed by atoms with E-state index in [1.54, 1.807) is 6.92 Å². The van der Waals surface area contributed by atoms with E-state index in [2.05, 4.69) is 22.1 Å². The molecule has 1 aliphatic heterocycles. The predicted octanol–water partition coefficient (Wildman–Crippen LogP) is 1.39. The van der Waals surface area contributed by atoms with Crippen LogP contribution < -0.4 is 5.32 Å². The zero-order valence-electron chi connectivity index (χ0n) is 10.2. The number of nitrogens with zero attached hydrogens (tertiary/aromatic N) is 1. The van der Waals surface area contributed by atoms with E-state index in [0.29, 0.717) is 0 Å². The maximum Gasteiger partial charge on any atom is 0.295 e. The molecule has 0 unspecified atom stereocenters. The average Bonchev–Trinajstić information content (AvgIpc) is 2.53. The molecule has 1 fully saturated rings. The first-order valence-corrected chi connectivity index (χ1v) is 6.26. The second-order valence-corrected chi connectivity index (χ2v) is 4.24. The molecule has 3 nitrogen and oxygen atoms in total. The summed E-state index contributed by atoms with van der Waals surface area (Å²) in [6, 6.07) is 0. The van der Waals surface area contributed by atoms with Gasteiger partial charge in [0, 0.05) is 6.54 Å². The number of likely N-dealkylation sites (tertiary alicyclic amines) is 1. The van der Waals surface area contributed by atoms with Crippen LogP contribution in [0.3, 0.4) is 0 Å². The van der Waals surface area contributed by atoms with E-state index < -0.39 is 0 Å². The Bertz CT molecular complexity index is 257. The van der Waals surface area contributed by atoms with Gasteiger partial charge in [0.15, 0.2) is 0 Å². The Morgan fingerprint density at radius 1 is 1.25 bits per heavy atom. The van der Waals surface area contributed by atoms with Gasteiger partial charge in [-0.15, -0.1) is 0 Å². The van der Waals surface area contributed by atoms with Gasteiger partial charge in [-0.05, 0) is 51.7 Å². The fourth-order valence-corrected chi connectivity index (χ4v) is 2.02. The summed E-state index contributed by atoms with van der Waals surface area (Å²) in [6.45, 7) is 5.96. The lowest BCUT2D eigenvalue weighted by Crippen LogP contribution is -2.30. The number of hydrogen-bond acceptors (Lipinski definition) is 2. The number of amides is 1. The topological polar surface area (TPSA) is 32.3 Å². The summed E-state index contributed by atoms with van der Waals surface area (Å²) in [6.07, 6.45) is 6.43. The van der Waals surface area contributed by atoms with Crippen LogP contribution in [0.2, 0.25) is 0 Å². The second kappa shape index (κ2) is 8.18. The number of carbonyl (C=O) groups excluding carboxylic acids is 1. The minimum Gasteiger partial charge on any atom is -0.345 e. The fraction of sp³-hybridized carbons (Fsp3) is 0.769. The van der Waals surface area contributed by atoms with Crippen molar-refractivity contribution in [3.05, 3.63) is 0 Å².